The molecule has 0 saturated heterocycles. The molecule has 0 aliphatic heterocycles. The van der Waals surface area contributed by atoms with Crippen molar-refractivity contribution in [2.24, 2.45) is 5.92 Å². The molecular formula is C18H26N4O3S2. The molecule has 0 bridgehead atoms. The zero-order valence-corrected chi connectivity index (χ0v) is 17.3. The first-order chi connectivity index (χ1) is 12.7. The number of aliphatic hydroxyl groups excluding tert-OH is 1. The Morgan fingerprint density at radius 2 is 1.81 bits per heavy atom. The van der Waals surface area contributed by atoms with Crippen LogP contribution in [0.1, 0.15) is 25.8 Å². The summed E-state index contributed by atoms with van der Waals surface area (Å²) in [6.07, 6.45) is 1.84. The Bertz CT molecular complexity index is 830. The molecule has 27 heavy (non-hydrogen) atoms. The van der Waals surface area contributed by atoms with E-state index in [2.05, 4.69) is 33.9 Å². The lowest BCUT2D eigenvalue weighted by Gasteiger charge is -2.19. The maximum Gasteiger partial charge on any atom is 0.230 e. The van der Waals surface area contributed by atoms with Gasteiger partial charge in [-0.05, 0) is 17.9 Å². The molecule has 0 fully saturated rings. The number of hydrogen-bond donors (Lipinski definition) is 3. The Hall–Kier alpha value is -1.84. The summed E-state index contributed by atoms with van der Waals surface area (Å²) >= 11 is 1.42. The highest BCUT2D eigenvalue weighted by Crippen LogP contribution is 2.24. The molecule has 2 rings (SSSR count). The van der Waals surface area contributed by atoms with Crippen LogP contribution in [0.4, 0.5) is 11.6 Å². The fourth-order valence-electron chi connectivity index (χ4n) is 2.49. The Balaban J connectivity index is 2.22. The highest BCUT2D eigenvalue weighted by Gasteiger charge is 2.14. The van der Waals surface area contributed by atoms with Gasteiger partial charge in [0.05, 0.1) is 18.9 Å². The highest BCUT2D eigenvalue weighted by molar-refractivity contribution is 7.98. The van der Waals surface area contributed by atoms with Crippen LogP contribution in [0.3, 0.4) is 0 Å². The summed E-state index contributed by atoms with van der Waals surface area (Å²) in [6.45, 7) is 4.10. The zero-order chi connectivity index (χ0) is 19.9. The van der Waals surface area contributed by atoms with Crippen molar-refractivity contribution in [2.45, 2.75) is 37.2 Å². The number of anilines is 2. The van der Waals surface area contributed by atoms with Crippen molar-refractivity contribution in [2.75, 3.05) is 22.9 Å². The predicted molar refractivity (Wildman–Crippen MR) is 110 cm³/mol. The smallest absolute Gasteiger partial charge is 0.230 e. The van der Waals surface area contributed by atoms with E-state index in [0.717, 1.165) is 18.2 Å². The van der Waals surface area contributed by atoms with Crippen LogP contribution >= 0.6 is 11.8 Å². The molecule has 7 nitrogen and oxygen atoms in total. The maximum absolute atomic E-state index is 11.6. The molecule has 0 aliphatic rings. The average molecular weight is 411 g/mol. The SMILES string of the molecule is CC(C)C[C@H](CO)Nc1cc(NS(C)(=O)=O)nc(SCc2ccccc2)n1. The normalized spacial score (nSPS) is 12.8. The number of sulfonamides is 1. The van der Waals surface area contributed by atoms with Gasteiger partial charge in [-0.1, -0.05) is 55.9 Å². The van der Waals surface area contributed by atoms with E-state index in [0.29, 0.717) is 22.6 Å². The Morgan fingerprint density at radius 1 is 1.15 bits per heavy atom. The first kappa shape index (κ1) is 21.5. The number of aliphatic hydroxyl groups is 1. The van der Waals surface area contributed by atoms with Gasteiger partial charge in [0.1, 0.15) is 11.6 Å². The second-order valence-electron chi connectivity index (χ2n) is 6.72. The van der Waals surface area contributed by atoms with Gasteiger partial charge in [-0.15, -0.1) is 0 Å². The summed E-state index contributed by atoms with van der Waals surface area (Å²) in [6, 6.07) is 11.3. The van der Waals surface area contributed by atoms with Gasteiger partial charge in [0.25, 0.3) is 0 Å². The molecule has 0 spiro atoms. The Morgan fingerprint density at radius 3 is 2.41 bits per heavy atom. The third-order valence-electron chi connectivity index (χ3n) is 3.53. The molecule has 0 amide bonds. The quantitative estimate of drug-likeness (QED) is 0.408. The number of nitrogens with zero attached hydrogens (tertiary/aromatic N) is 2. The number of benzene rings is 1. The van der Waals surface area contributed by atoms with Gasteiger partial charge in [0, 0.05) is 11.8 Å². The van der Waals surface area contributed by atoms with Crippen LogP contribution in [0.5, 0.6) is 0 Å². The molecule has 1 heterocycles. The lowest BCUT2D eigenvalue weighted by molar-refractivity contribution is 0.259. The first-order valence-electron chi connectivity index (χ1n) is 8.66. The van der Waals surface area contributed by atoms with E-state index >= 15 is 0 Å². The second kappa shape index (κ2) is 9.91. The van der Waals surface area contributed by atoms with Crippen LogP contribution in [0.25, 0.3) is 0 Å². The number of aromatic nitrogens is 2. The minimum atomic E-state index is -3.46. The van der Waals surface area contributed by atoms with E-state index < -0.39 is 10.0 Å². The zero-order valence-electron chi connectivity index (χ0n) is 15.7. The van der Waals surface area contributed by atoms with Crippen LogP contribution in [-0.2, 0) is 15.8 Å². The van der Waals surface area contributed by atoms with E-state index in [1.807, 2.05) is 30.3 Å². The van der Waals surface area contributed by atoms with Crippen molar-refractivity contribution in [3.05, 3.63) is 42.0 Å². The van der Waals surface area contributed by atoms with Crippen LogP contribution in [-0.4, -0.2) is 42.4 Å². The van der Waals surface area contributed by atoms with Crippen LogP contribution in [0.2, 0.25) is 0 Å². The molecule has 3 N–H and O–H groups in total. The molecule has 1 aromatic heterocycles. The maximum atomic E-state index is 11.6. The molecule has 0 unspecified atom stereocenters. The van der Waals surface area contributed by atoms with Crippen LogP contribution < -0.4 is 10.0 Å². The largest absolute Gasteiger partial charge is 0.394 e. The molecule has 9 heteroatoms. The molecule has 0 radical (unpaired) electrons. The van der Waals surface area contributed by atoms with Gasteiger partial charge in [-0.3, -0.25) is 4.72 Å². The molecule has 0 aliphatic carbocycles. The van der Waals surface area contributed by atoms with Crippen molar-refractivity contribution in [3.63, 3.8) is 0 Å². The fraction of sp³-hybridized carbons (Fsp3) is 0.444. The summed E-state index contributed by atoms with van der Waals surface area (Å²) < 4.78 is 25.6. The minimum absolute atomic E-state index is 0.0382. The number of thioether (sulfide) groups is 1. The van der Waals surface area contributed by atoms with E-state index in [9.17, 15) is 13.5 Å². The monoisotopic (exact) mass is 410 g/mol. The summed E-state index contributed by atoms with van der Waals surface area (Å²) in [4.78, 5) is 8.76. The van der Waals surface area contributed by atoms with Crippen molar-refractivity contribution >= 4 is 33.4 Å². The standard InChI is InChI=1S/C18H26N4O3S2/c1-13(2)9-15(11-23)19-16-10-17(22-27(3,24)25)21-18(20-16)26-12-14-7-5-4-6-8-14/h4-8,10,13,15,23H,9,11-12H2,1-3H3,(H2,19,20,21,22)/t15-/m1/s1. The van der Waals surface area contributed by atoms with Gasteiger partial charge in [0.2, 0.25) is 10.0 Å². The Kier molecular flexibility index (Phi) is 7.88. The molecule has 0 saturated carbocycles. The molecule has 1 atom stereocenters. The van der Waals surface area contributed by atoms with E-state index in [-0.39, 0.29) is 18.5 Å². The molecule has 148 valence electrons. The highest BCUT2D eigenvalue weighted by atomic mass is 32.2. The van der Waals surface area contributed by atoms with Gasteiger partial charge < -0.3 is 10.4 Å². The second-order valence-corrected chi connectivity index (χ2v) is 9.41. The number of hydrogen-bond acceptors (Lipinski definition) is 7. The third-order valence-corrected chi connectivity index (χ3v) is 5.03. The van der Waals surface area contributed by atoms with Gasteiger partial charge in [-0.2, -0.15) is 0 Å². The van der Waals surface area contributed by atoms with Crippen molar-refractivity contribution in [3.8, 4) is 0 Å². The lowest BCUT2D eigenvalue weighted by Crippen LogP contribution is -2.26. The Labute approximate surface area is 165 Å². The summed E-state index contributed by atoms with van der Waals surface area (Å²) in [5.41, 5.74) is 1.12. The van der Waals surface area contributed by atoms with Crippen LogP contribution in [0.15, 0.2) is 41.6 Å². The van der Waals surface area contributed by atoms with Gasteiger partial charge in [0.15, 0.2) is 5.16 Å². The summed E-state index contributed by atoms with van der Waals surface area (Å²) in [5.74, 6) is 1.74. The lowest BCUT2D eigenvalue weighted by atomic mass is 10.0. The van der Waals surface area contributed by atoms with Crippen molar-refractivity contribution < 1.29 is 13.5 Å². The summed E-state index contributed by atoms with van der Waals surface area (Å²) in [7, 11) is -3.46. The van der Waals surface area contributed by atoms with Crippen LogP contribution in [0, 0.1) is 5.92 Å². The van der Waals surface area contributed by atoms with Crippen molar-refractivity contribution in [1.29, 1.82) is 0 Å². The van der Waals surface area contributed by atoms with Crippen molar-refractivity contribution in [1.82, 2.24) is 9.97 Å². The molecule has 2 aromatic rings. The van der Waals surface area contributed by atoms with E-state index in [4.69, 9.17) is 0 Å². The molecule has 1 aromatic carbocycles. The summed E-state index contributed by atoms with van der Waals surface area (Å²) in [5, 5.41) is 13.2. The topological polar surface area (TPSA) is 104 Å². The van der Waals surface area contributed by atoms with E-state index in [1.165, 1.54) is 17.8 Å². The predicted octanol–water partition coefficient (Wildman–Crippen LogP) is 2.96. The minimum Gasteiger partial charge on any atom is -0.394 e. The van der Waals surface area contributed by atoms with Gasteiger partial charge in [-0.25, -0.2) is 18.4 Å². The fourth-order valence-corrected chi connectivity index (χ4v) is 3.78. The first-order valence-corrected chi connectivity index (χ1v) is 11.5. The van der Waals surface area contributed by atoms with E-state index in [1.54, 1.807) is 0 Å². The average Bonchev–Trinajstić information content (AvgIpc) is 2.58. The number of rotatable bonds is 10. The molecular weight excluding hydrogens is 384 g/mol. The number of nitrogens with one attached hydrogen (secondary N) is 2. The van der Waals surface area contributed by atoms with Gasteiger partial charge >= 0.3 is 0 Å². The third kappa shape index (κ3) is 8.15.